The number of allylic oxidation sites excluding steroid dienone is 2. The molecule has 0 aromatic rings. The molecule has 2 saturated heterocycles. The van der Waals surface area contributed by atoms with Gasteiger partial charge in [-0.05, 0) is 51.0 Å². The highest BCUT2D eigenvalue weighted by atomic mass is 16.7. The Balaban J connectivity index is 1.76. The van der Waals surface area contributed by atoms with Gasteiger partial charge in [0.15, 0.2) is 5.78 Å². The van der Waals surface area contributed by atoms with E-state index in [0.717, 1.165) is 11.1 Å². The fraction of sp³-hybridized carbons (Fsp3) is 0.720. The smallest absolute Gasteiger partial charge is 0.333 e. The number of hydrogen-bond donors (Lipinski definition) is 2. The molecule has 2 saturated carbocycles. The molecular weight excluding hydrogens is 428 g/mol. The quantitative estimate of drug-likeness (QED) is 0.472. The molecule has 1 unspecified atom stereocenters. The third kappa shape index (κ3) is 2.66. The lowest BCUT2D eigenvalue weighted by Crippen LogP contribution is -2.76. The van der Waals surface area contributed by atoms with E-state index in [9.17, 15) is 24.6 Å². The van der Waals surface area contributed by atoms with Gasteiger partial charge in [0.25, 0.3) is 0 Å². The molecule has 1 spiro atoms. The molecule has 10 atom stereocenters. The standard InChI is InChI=1S/C25H32O8/c1-11(2)6-19(28)33-25-20(29)13(4)15-9-18(27)32-17-8-14-12(3)7-16(26)21(30)23(14,5)22(25)24(15,17)10-31-25/h6-7,13-15,17,20-22,29-30H,8-10H2,1-5H3/t13-,14+,15+,17-,20-,21-,22?,23-,24-,25-/m1/s1. The van der Waals surface area contributed by atoms with Gasteiger partial charge in [0, 0.05) is 29.2 Å². The SMILES string of the molecule is CC(C)=CC(=O)O[C@@]12OC[C@]34C1[C@@]1(C)[C@H](O)C(=O)C=C(C)[C@@H]1C[C@H]3OC(=O)C[C@H]4[C@@H](C)[C@H]2O. The molecule has 0 aromatic carbocycles. The van der Waals surface area contributed by atoms with E-state index >= 15 is 0 Å². The Hall–Kier alpha value is -2.03. The van der Waals surface area contributed by atoms with Crippen LogP contribution in [0.3, 0.4) is 0 Å². The molecule has 8 nitrogen and oxygen atoms in total. The van der Waals surface area contributed by atoms with E-state index in [-0.39, 0.29) is 30.8 Å². The van der Waals surface area contributed by atoms with Crippen LogP contribution in [0.5, 0.6) is 0 Å². The number of carbonyl (C=O) groups is 3. The first-order valence-corrected chi connectivity index (χ1v) is 11.7. The van der Waals surface area contributed by atoms with Crippen LogP contribution in [0.4, 0.5) is 0 Å². The van der Waals surface area contributed by atoms with Crippen molar-refractivity contribution in [3.8, 4) is 0 Å². The highest BCUT2D eigenvalue weighted by Crippen LogP contribution is 2.74. The number of esters is 2. The fourth-order valence-corrected chi connectivity index (χ4v) is 8.08. The van der Waals surface area contributed by atoms with Crippen LogP contribution in [0.2, 0.25) is 0 Å². The Labute approximate surface area is 193 Å². The number of hydrogen-bond acceptors (Lipinski definition) is 8. The Morgan fingerprint density at radius 2 is 1.97 bits per heavy atom. The van der Waals surface area contributed by atoms with Crippen molar-refractivity contribution < 1.29 is 38.8 Å². The maximum Gasteiger partial charge on any atom is 0.333 e. The summed E-state index contributed by atoms with van der Waals surface area (Å²) in [5.74, 6) is -4.95. The molecule has 2 aliphatic heterocycles. The van der Waals surface area contributed by atoms with Crippen molar-refractivity contribution in [3.63, 3.8) is 0 Å². The molecule has 0 amide bonds. The van der Waals surface area contributed by atoms with Crippen molar-refractivity contribution in [1.29, 1.82) is 0 Å². The zero-order chi connectivity index (χ0) is 24.1. The van der Waals surface area contributed by atoms with Gasteiger partial charge in [0.05, 0.1) is 6.61 Å². The van der Waals surface area contributed by atoms with Gasteiger partial charge >= 0.3 is 11.9 Å². The van der Waals surface area contributed by atoms with Crippen LogP contribution >= 0.6 is 0 Å². The first-order chi connectivity index (χ1) is 15.4. The molecule has 4 fully saturated rings. The first kappa shape index (κ1) is 22.7. The number of aliphatic hydroxyl groups excluding tert-OH is 2. The summed E-state index contributed by atoms with van der Waals surface area (Å²) in [5.41, 5.74) is -0.373. The Morgan fingerprint density at radius 3 is 2.64 bits per heavy atom. The maximum absolute atomic E-state index is 12.9. The van der Waals surface area contributed by atoms with Crippen molar-refractivity contribution >= 4 is 17.7 Å². The molecular formula is C25H32O8. The monoisotopic (exact) mass is 460 g/mol. The second kappa shape index (κ2) is 6.99. The normalized spacial score (nSPS) is 49.9. The molecule has 180 valence electrons. The predicted octanol–water partition coefficient (Wildman–Crippen LogP) is 1.68. The van der Waals surface area contributed by atoms with Crippen LogP contribution in [-0.2, 0) is 28.6 Å². The minimum Gasteiger partial charge on any atom is -0.462 e. The van der Waals surface area contributed by atoms with Gasteiger partial charge in [0.1, 0.15) is 18.3 Å². The Kier molecular flexibility index (Phi) is 4.82. The van der Waals surface area contributed by atoms with Gasteiger partial charge in [0.2, 0.25) is 5.79 Å². The van der Waals surface area contributed by atoms with E-state index in [0.29, 0.717) is 6.42 Å². The summed E-state index contributed by atoms with van der Waals surface area (Å²) in [5, 5.41) is 22.9. The van der Waals surface area contributed by atoms with E-state index in [4.69, 9.17) is 14.2 Å². The van der Waals surface area contributed by atoms with Gasteiger partial charge in [-0.1, -0.05) is 25.0 Å². The van der Waals surface area contributed by atoms with Gasteiger partial charge in [-0.3, -0.25) is 9.59 Å². The maximum atomic E-state index is 12.9. The molecule has 0 aromatic heterocycles. The lowest BCUT2D eigenvalue weighted by atomic mass is 9.38. The van der Waals surface area contributed by atoms with E-state index in [1.165, 1.54) is 12.2 Å². The number of fused-ring (bicyclic) bond motifs is 1. The predicted molar refractivity (Wildman–Crippen MR) is 114 cm³/mol. The lowest BCUT2D eigenvalue weighted by molar-refractivity contribution is -0.334. The highest BCUT2D eigenvalue weighted by Gasteiger charge is 2.83. The molecule has 8 heteroatoms. The van der Waals surface area contributed by atoms with Crippen LogP contribution in [0, 0.1) is 34.5 Å². The zero-order valence-electron chi connectivity index (χ0n) is 19.7. The Bertz CT molecular complexity index is 994. The molecule has 2 N–H and O–H groups in total. The highest BCUT2D eigenvalue weighted by molar-refractivity contribution is 5.96. The molecule has 5 rings (SSSR count). The van der Waals surface area contributed by atoms with Crippen molar-refractivity contribution in [1.82, 2.24) is 0 Å². The van der Waals surface area contributed by atoms with Crippen LogP contribution in [0.25, 0.3) is 0 Å². The molecule has 2 heterocycles. The Morgan fingerprint density at radius 1 is 1.27 bits per heavy atom. The van der Waals surface area contributed by atoms with E-state index in [1.54, 1.807) is 13.8 Å². The average molecular weight is 461 g/mol. The number of aliphatic hydroxyl groups is 2. The number of ether oxygens (including phenoxy) is 3. The van der Waals surface area contributed by atoms with Gasteiger partial charge in [-0.25, -0.2) is 4.79 Å². The number of rotatable bonds is 2. The second-order valence-corrected chi connectivity index (χ2v) is 11.1. The minimum atomic E-state index is -1.77. The van der Waals surface area contributed by atoms with Gasteiger partial charge < -0.3 is 24.4 Å². The summed E-state index contributed by atoms with van der Waals surface area (Å²) in [6.07, 6.45) is 0.183. The summed E-state index contributed by atoms with van der Waals surface area (Å²) in [6.45, 7) is 9.13. The molecule has 33 heavy (non-hydrogen) atoms. The van der Waals surface area contributed by atoms with E-state index in [1.807, 2.05) is 20.8 Å². The summed E-state index contributed by atoms with van der Waals surface area (Å²) < 4.78 is 18.2. The summed E-state index contributed by atoms with van der Waals surface area (Å²) in [6, 6.07) is 0. The minimum absolute atomic E-state index is 0.103. The number of ketones is 1. The second-order valence-electron chi connectivity index (χ2n) is 11.1. The van der Waals surface area contributed by atoms with Crippen molar-refractivity contribution in [3.05, 3.63) is 23.3 Å². The largest absolute Gasteiger partial charge is 0.462 e. The summed E-state index contributed by atoms with van der Waals surface area (Å²) in [4.78, 5) is 38.3. The van der Waals surface area contributed by atoms with Crippen molar-refractivity contribution in [2.45, 2.75) is 71.6 Å². The molecule has 0 radical (unpaired) electrons. The van der Waals surface area contributed by atoms with E-state index < -0.39 is 58.5 Å². The topological polar surface area (TPSA) is 119 Å². The zero-order valence-corrected chi connectivity index (χ0v) is 19.7. The molecule has 5 aliphatic rings. The van der Waals surface area contributed by atoms with Crippen LogP contribution in [-0.4, -0.2) is 58.6 Å². The summed E-state index contributed by atoms with van der Waals surface area (Å²) in [7, 11) is 0. The molecule has 3 aliphatic carbocycles. The number of carbonyl (C=O) groups excluding carboxylic acids is 3. The third-order valence-corrected chi connectivity index (χ3v) is 9.25. The van der Waals surface area contributed by atoms with Crippen molar-refractivity contribution in [2.24, 2.45) is 34.5 Å². The summed E-state index contributed by atoms with van der Waals surface area (Å²) >= 11 is 0. The molecule has 2 bridgehead atoms. The van der Waals surface area contributed by atoms with E-state index in [2.05, 4.69) is 0 Å². The van der Waals surface area contributed by atoms with Gasteiger partial charge in [-0.2, -0.15) is 0 Å². The van der Waals surface area contributed by atoms with Crippen LogP contribution < -0.4 is 0 Å². The lowest BCUT2D eigenvalue weighted by Gasteiger charge is -2.67. The third-order valence-electron chi connectivity index (χ3n) is 9.25. The van der Waals surface area contributed by atoms with Crippen molar-refractivity contribution in [2.75, 3.05) is 6.61 Å². The van der Waals surface area contributed by atoms with Crippen LogP contribution in [0.15, 0.2) is 23.3 Å². The average Bonchev–Trinajstić information content (AvgIpc) is 3.03. The fourth-order valence-electron chi connectivity index (χ4n) is 8.08. The first-order valence-electron chi connectivity index (χ1n) is 11.7. The van der Waals surface area contributed by atoms with Crippen LogP contribution in [0.1, 0.15) is 47.5 Å². The van der Waals surface area contributed by atoms with Gasteiger partial charge in [-0.15, -0.1) is 0 Å².